The van der Waals surface area contributed by atoms with E-state index in [-0.39, 0.29) is 12.2 Å². The van der Waals surface area contributed by atoms with E-state index in [0.717, 1.165) is 17.6 Å². The van der Waals surface area contributed by atoms with E-state index in [1.165, 1.54) is 5.39 Å². The fourth-order valence-electron chi connectivity index (χ4n) is 2.56. The molecule has 3 unspecified atom stereocenters. The van der Waals surface area contributed by atoms with Gasteiger partial charge in [0.1, 0.15) is 18.0 Å². The summed E-state index contributed by atoms with van der Waals surface area (Å²) >= 11 is 0. The second kappa shape index (κ2) is 5.81. The standard InChI is InChI=1S/C17H20O3/c1-2-9-19-17-15(18)11-16(17)20-14-8-7-12-5-3-4-6-13(12)10-14/h3-8,10,15-18H,2,9,11H2,1H3. The van der Waals surface area contributed by atoms with Crippen LogP contribution in [0.2, 0.25) is 0 Å². The minimum absolute atomic E-state index is 0.0438. The average molecular weight is 272 g/mol. The number of hydrogen-bond acceptors (Lipinski definition) is 3. The van der Waals surface area contributed by atoms with Crippen molar-refractivity contribution in [3.05, 3.63) is 42.5 Å². The molecule has 1 saturated carbocycles. The number of benzene rings is 2. The molecule has 0 bridgehead atoms. The molecule has 0 spiro atoms. The Hall–Kier alpha value is -1.58. The van der Waals surface area contributed by atoms with Gasteiger partial charge in [-0.25, -0.2) is 0 Å². The molecule has 3 heteroatoms. The summed E-state index contributed by atoms with van der Waals surface area (Å²) in [6, 6.07) is 14.3. The van der Waals surface area contributed by atoms with Crippen molar-refractivity contribution in [1.29, 1.82) is 0 Å². The fourth-order valence-corrected chi connectivity index (χ4v) is 2.56. The van der Waals surface area contributed by atoms with Gasteiger partial charge in [0.15, 0.2) is 0 Å². The molecule has 20 heavy (non-hydrogen) atoms. The molecule has 0 aromatic heterocycles. The van der Waals surface area contributed by atoms with E-state index in [2.05, 4.69) is 25.1 Å². The molecular formula is C17H20O3. The third-order valence-electron chi connectivity index (χ3n) is 3.74. The molecule has 0 heterocycles. The third-order valence-corrected chi connectivity index (χ3v) is 3.74. The second-order valence-electron chi connectivity index (χ2n) is 5.30. The number of hydrogen-bond donors (Lipinski definition) is 1. The number of aliphatic hydroxyl groups excluding tert-OH is 1. The van der Waals surface area contributed by atoms with E-state index in [1.807, 2.05) is 24.3 Å². The van der Waals surface area contributed by atoms with Gasteiger partial charge in [0.25, 0.3) is 0 Å². The number of fused-ring (bicyclic) bond motifs is 1. The van der Waals surface area contributed by atoms with Crippen molar-refractivity contribution in [2.24, 2.45) is 0 Å². The fraction of sp³-hybridized carbons (Fsp3) is 0.412. The lowest BCUT2D eigenvalue weighted by Crippen LogP contribution is -2.55. The molecule has 3 rings (SSSR count). The van der Waals surface area contributed by atoms with Crippen LogP contribution in [0, 0.1) is 0 Å². The molecule has 0 saturated heterocycles. The zero-order valence-corrected chi connectivity index (χ0v) is 11.7. The third kappa shape index (κ3) is 2.65. The molecule has 0 radical (unpaired) electrons. The molecule has 3 nitrogen and oxygen atoms in total. The first-order valence-electron chi connectivity index (χ1n) is 7.23. The molecule has 1 aliphatic carbocycles. The molecule has 0 amide bonds. The van der Waals surface area contributed by atoms with Gasteiger partial charge in [0.2, 0.25) is 0 Å². The Morgan fingerprint density at radius 3 is 2.70 bits per heavy atom. The Morgan fingerprint density at radius 2 is 1.95 bits per heavy atom. The van der Waals surface area contributed by atoms with Crippen LogP contribution in [0.15, 0.2) is 42.5 Å². The van der Waals surface area contributed by atoms with Gasteiger partial charge < -0.3 is 14.6 Å². The normalized spacial score (nSPS) is 25.4. The zero-order valence-electron chi connectivity index (χ0n) is 11.7. The molecule has 1 aliphatic rings. The molecule has 2 aromatic carbocycles. The summed E-state index contributed by atoms with van der Waals surface area (Å²) in [6.07, 6.45) is 0.957. The Balaban J connectivity index is 1.69. The van der Waals surface area contributed by atoms with Crippen molar-refractivity contribution in [3.63, 3.8) is 0 Å². The topological polar surface area (TPSA) is 38.7 Å². The zero-order chi connectivity index (χ0) is 13.9. The van der Waals surface area contributed by atoms with Gasteiger partial charge in [-0.05, 0) is 29.3 Å². The molecular weight excluding hydrogens is 252 g/mol. The smallest absolute Gasteiger partial charge is 0.130 e. The first-order valence-corrected chi connectivity index (χ1v) is 7.23. The van der Waals surface area contributed by atoms with Crippen LogP contribution in [0.25, 0.3) is 10.8 Å². The van der Waals surface area contributed by atoms with Gasteiger partial charge >= 0.3 is 0 Å². The van der Waals surface area contributed by atoms with Crippen molar-refractivity contribution in [2.75, 3.05) is 6.61 Å². The Kier molecular flexibility index (Phi) is 3.90. The van der Waals surface area contributed by atoms with Crippen LogP contribution < -0.4 is 4.74 Å². The maximum absolute atomic E-state index is 9.75. The molecule has 0 aliphatic heterocycles. The predicted octanol–water partition coefficient (Wildman–Crippen LogP) is 3.15. The minimum Gasteiger partial charge on any atom is -0.487 e. The van der Waals surface area contributed by atoms with Crippen LogP contribution >= 0.6 is 0 Å². The summed E-state index contributed by atoms with van der Waals surface area (Å²) in [4.78, 5) is 0. The van der Waals surface area contributed by atoms with Gasteiger partial charge in [0.05, 0.1) is 6.10 Å². The Labute approximate surface area is 119 Å². The monoisotopic (exact) mass is 272 g/mol. The Bertz CT molecular complexity index is 581. The van der Waals surface area contributed by atoms with Crippen molar-refractivity contribution in [3.8, 4) is 5.75 Å². The first-order chi connectivity index (χ1) is 9.78. The van der Waals surface area contributed by atoms with E-state index in [1.54, 1.807) is 0 Å². The predicted molar refractivity (Wildman–Crippen MR) is 79.0 cm³/mol. The van der Waals surface area contributed by atoms with E-state index in [0.29, 0.717) is 13.0 Å². The number of ether oxygens (including phenoxy) is 2. The molecule has 1 N–H and O–H groups in total. The minimum atomic E-state index is -0.396. The van der Waals surface area contributed by atoms with E-state index in [9.17, 15) is 5.11 Å². The summed E-state index contributed by atoms with van der Waals surface area (Å²) < 4.78 is 11.6. The number of rotatable bonds is 5. The largest absolute Gasteiger partial charge is 0.487 e. The Morgan fingerprint density at radius 1 is 1.15 bits per heavy atom. The van der Waals surface area contributed by atoms with E-state index >= 15 is 0 Å². The van der Waals surface area contributed by atoms with Crippen LogP contribution in [-0.4, -0.2) is 30.0 Å². The van der Waals surface area contributed by atoms with Crippen LogP contribution in [0.1, 0.15) is 19.8 Å². The van der Waals surface area contributed by atoms with Crippen molar-refractivity contribution in [1.82, 2.24) is 0 Å². The average Bonchev–Trinajstić information content (AvgIpc) is 2.47. The SMILES string of the molecule is CCCOC1C(O)CC1Oc1ccc2ccccc2c1. The lowest BCUT2D eigenvalue weighted by Gasteiger charge is -2.40. The molecule has 1 fully saturated rings. The summed E-state index contributed by atoms with van der Waals surface area (Å²) in [5, 5.41) is 12.1. The van der Waals surface area contributed by atoms with Crippen molar-refractivity contribution in [2.45, 2.75) is 38.1 Å². The van der Waals surface area contributed by atoms with E-state index < -0.39 is 6.10 Å². The van der Waals surface area contributed by atoms with Crippen LogP contribution in [-0.2, 0) is 4.74 Å². The van der Waals surface area contributed by atoms with Gasteiger partial charge in [-0.2, -0.15) is 0 Å². The lowest BCUT2D eigenvalue weighted by atomic mass is 9.88. The summed E-state index contributed by atoms with van der Waals surface area (Å²) in [5.74, 6) is 0.839. The maximum atomic E-state index is 9.75. The summed E-state index contributed by atoms with van der Waals surface area (Å²) in [6.45, 7) is 2.73. The highest BCUT2D eigenvalue weighted by Gasteiger charge is 2.42. The van der Waals surface area contributed by atoms with Crippen LogP contribution in [0.4, 0.5) is 0 Å². The summed E-state index contributed by atoms with van der Waals surface area (Å²) in [7, 11) is 0. The van der Waals surface area contributed by atoms with Crippen molar-refractivity contribution < 1.29 is 14.6 Å². The molecule has 2 aromatic rings. The molecule has 3 atom stereocenters. The lowest BCUT2D eigenvalue weighted by molar-refractivity contribution is -0.162. The van der Waals surface area contributed by atoms with Crippen LogP contribution in [0.5, 0.6) is 5.75 Å². The van der Waals surface area contributed by atoms with Gasteiger partial charge in [-0.15, -0.1) is 0 Å². The first kappa shape index (κ1) is 13.4. The molecule has 106 valence electrons. The highest BCUT2D eigenvalue weighted by Crippen LogP contribution is 2.30. The second-order valence-corrected chi connectivity index (χ2v) is 5.30. The van der Waals surface area contributed by atoms with E-state index in [4.69, 9.17) is 9.47 Å². The van der Waals surface area contributed by atoms with Gasteiger partial charge in [-0.1, -0.05) is 37.3 Å². The highest BCUT2D eigenvalue weighted by atomic mass is 16.6. The van der Waals surface area contributed by atoms with Gasteiger partial charge in [-0.3, -0.25) is 0 Å². The highest BCUT2D eigenvalue weighted by molar-refractivity contribution is 5.83. The van der Waals surface area contributed by atoms with Gasteiger partial charge in [0, 0.05) is 13.0 Å². The quantitative estimate of drug-likeness (QED) is 0.908. The van der Waals surface area contributed by atoms with Crippen molar-refractivity contribution >= 4 is 10.8 Å². The maximum Gasteiger partial charge on any atom is 0.130 e. The summed E-state index contributed by atoms with van der Waals surface area (Å²) in [5.41, 5.74) is 0. The van der Waals surface area contributed by atoms with Crippen LogP contribution in [0.3, 0.4) is 0 Å². The number of aliphatic hydroxyl groups is 1.